The molecule has 0 radical (unpaired) electrons. The van der Waals surface area contributed by atoms with E-state index in [0.29, 0.717) is 18.6 Å². The van der Waals surface area contributed by atoms with Crippen LogP contribution in [0.3, 0.4) is 0 Å². The zero-order chi connectivity index (χ0) is 30.0. The Kier molecular flexibility index (Phi) is 11.8. The van der Waals surface area contributed by atoms with Crippen molar-refractivity contribution < 1.29 is 33.0 Å². The number of hydrogen-bond donors (Lipinski definition) is 3. The Morgan fingerprint density at radius 1 is 1.18 bits per heavy atom. The molecule has 1 saturated carbocycles. The number of carboxylic acid groups (broad SMARTS) is 1. The summed E-state index contributed by atoms with van der Waals surface area (Å²) in [5, 5.41) is 16.4. The van der Waals surface area contributed by atoms with E-state index in [0.717, 1.165) is 32.8 Å². The SMILES string of the molecule is CC/C=C(C)/C(=C\C=C(/C)c1sccc1NC)NC(=O)C1C(C(=O)O)C1(F)F.Cc1ccccc1C(C)OC=O. The molecule has 216 valence electrons. The van der Waals surface area contributed by atoms with Gasteiger partial charge in [-0.3, -0.25) is 14.4 Å². The molecule has 1 heterocycles. The molecule has 3 rings (SSSR count). The molecular formula is C30H36F2N2O5S. The monoisotopic (exact) mass is 574 g/mol. The van der Waals surface area contributed by atoms with Crippen LogP contribution in [0.1, 0.15) is 56.2 Å². The van der Waals surface area contributed by atoms with Crippen LogP contribution in [0.25, 0.3) is 5.57 Å². The van der Waals surface area contributed by atoms with Crippen LogP contribution < -0.4 is 10.6 Å². The summed E-state index contributed by atoms with van der Waals surface area (Å²) in [6.07, 6.45) is 5.87. The van der Waals surface area contributed by atoms with Gasteiger partial charge in [-0.05, 0) is 73.9 Å². The molecule has 0 spiro atoms. The zero-order valence-corrected chi connectivity index (χ0v) is 24.3. The van der Waals surface area contributed by atoms with Crippen molar-refractivity contribution in [1.82, 2.24) is 5.32 Å². The van der Waals surface area contributed by atoms with Gasteiger partial charge in [0.25, 0.3) is 12.4 Å². The van der Waals surface area contributed by atoms with Gasteiger partial charge in [0, 0.05) is 12.7 Å². The second-order valence-corrected chi connectivity index (χ2v) is 10.2. The number of ether oxygens (including phenoxy) is 1. The highest BCUT2D eigenvalue weighted by Gasteiger charge is 2.76. The number of halogens is 2. The highest BCUT2D eigenvalue weighted by molar-refractivity contribution is 7.11. The molecule has 1 aliphatic carbocycles. The molecule has 10 heteroatoms. The van der Waals surface area contributed by atoms with Crippen molar-refractivity contribution in [1.29, 1.82) is 0 Å². The maximum atomic E-state index is 13.7. The van der Waals surface area contributed by atoms with Crippen molar-refractivity contribution >= 4 is 40.9 Å². The van der Waals surface area contributed by atoms with E-state index in [1.54, 1.807) is 30.4 Å². The molecule has 1 aromatic heterocycles. The number of hydrogen-bond acceptors (Lipinski definition) is 6. The third kappa shape index (κ3) is 8.11. The Hall–Kier alpha value is -3.79. The molecule has 40 heavy (non-hydrogen) atoms. The summed E-state index contributed by atoms with van der Waals surface area (Å²) < 4.78 is 32.1. The molecule has 2 aromatic rings. The average Bonchev–Trinajstić information content (AvgIpc) is 3.22. The summed E-state index contributed by atoms with van der Waals surface area (Å²) in [6.45, 7) is 9.94. The van der Waals surface area contributed by atoms with E-state index in [1.165, 1.54) is 0 Å². The number of aliphatic carboxylic acids is 1. The number of benzene rings is 1. The van der Waals surface area contributed by atoms with Crippen molar-refractivity contribution in [3.05, 3.63) is 81.2 Å². The number of aryl methyl sites for hydroxylation is 1. The number of anilines is 1. The van der Waals surface area contributed by atoms with Crippen LogP contribution in [0.4, 0.5) is 14.5 Å². The minimum Gasteiger partial charge on any atom is -0.481 e. The Balaban J connectivity index is 0.000000389. The van der Waals surface area contributed by atoms with Gasteiger partial charge >= 0.3 is 5.97 Å². The summed E-state index contributed by atoms with van der Waals surface area (Å²) in [5.41, 5.74) is 5.21. The number of carboxylic acids is 1. The predicted octanol–water partition coefficient (Wildman–Crippen LogP) is 6.74. The van der Waals surface area contributed by atoms with Crippen LogP contribution in [0.2, 0.25) is 0 Å². The van der Waals surface area contributed by atoms with Crippen molar-refractivity contribution in [2.45, 2.75) is 53.1 Å². The molecule has 3 unspecified atom stereocenters. The van der Waals surface area contributed by atoms with E-state index in [2.05, 4.69) is 10.6 Å². The summed E-state index contributed by atoms with van der Waals surface area (Å²) >= 11 is 1.56. The highest BCUT2D eigenvalue weighted by atomic mass is 32.1. The Morgan fingerprint density at radius 2 is 1.85 bits per heavy atom. The Morgan fingerprint density at radius 3 is 2.40 bits per heavy atom. The first-order valence-corrected chi connectivity index (χ1v) is 13.7. The van der Waals surface area contributed by atoms with Gasteiger partial charge in [0.05, 0.1) is 10.6 Å². The van der Waals surface area contributed by atoms with Crippen molar-refractivity contribution in [3.8, 4) is 0 Å². The van der Waals surface area contributed by atoms with E-state index >= 15 is 0 Å². The van der Waals surface area contributed by atoms with E-state index in [4.69, 9.17) is 9.84 Å². The maximum Gasteiger partial charge on any atom is 0.313 e. The quantitative estimate of drug-likeness (QED) is 0.203. The summed E-state index contributed by atoms with van der Waals surface area (Å²) in [5.74, 6) is -9.98. The van der Waals surface area contributed by atoms with Crippen molar-refractivity contribution in [3.63, 3.8) is 0 Å². The lowest BCUT2D eigenvalue weighted by atomic mass is 10.1. The van der Waals surface area contributed by atoms with Crippen LogP contribution in [0.15, 0.2) is 65.2 Å². The smallest absolute Gasteiger partial charge is 0.313 e. The molecule has 1 amide bonds. The second kappa shape index (κ2) is 14.6. The van der Waals surface area contributed by atoms with E-state index in [1.807, 2.05) is 76.5 Å². The number of carbonyl (C=O) groups is 3. The highest BCUT2D eigenvalue weighted by Crippen LogP contribution is 2.55. The largest absolute Gasteiger partial charge is 0.481 e. The number of amides is 1. The third-order valence-electron chi connectivity index (χ3n) is 6.47. The predicted molar refractivity (Wildman–Crippen MR) is 154 cm³/mol. The average molecular weight is 575 g/mol. The van der Waals surface area contributed by atoms with Crippen LogP contribution in [-0.2, 0) is 19.1 Å². The molecule has 3 atom stereocenters. The second-order valence-electron chi connectivity index (χ2n) is 9.33. The number of nitrogens with one attached hydrogen (secondary N) is 2. The standard InChI is InChI=1S/C20H24F2N2O3S.C10H12O2/c1-5-6-11(2)13(8-7-12(3)17-14(23-4)9-10-28-17)24-18(25)15-16(19(26)27)20(15,21)22;1-8-5-3-4-6-10(8)9(2)12-7-11/h6-10,15-16,23H,5H2,1-4H3,(H,24,25)(H,26,27);3-7,9H,1-2H3/b11-6+,12-7+,13-8+;. The third-order valence-corrected chi connectivity index (χ3v) is 7.52. The fourth-order valence-electron chi connectivity index (χ4n) is 4.15. The zero-order valence-electron chi connectivity index (χ0n) is 23.5. The number of allylic oxidation sites excluding steroid dienone is 5. The Labute approximate surface area is 237 Å². The number of rotatable bonds is 11. The van der Waals surface area contributed by atoms with Gasteiger partial charge in [-0.15, -0.1) is 11.3 Å². The molecular weight excluding hydrogens is 538 g/mol. The molecule has 3 N–H and O–H groups in total. The minimum atomic E-state index is -3.52. The first kappa shape index (κ1) is 32.4. The van der Waals surface area contributed by atoms with Crippen molar-refractivity contribution in [2.75, 3.05) is 12.4 Å². The molecule has 0 saturated heterocycles. The van der Waals surface area contributed by atoms with Gasteiger partial charge in [0.15, 0.2) is 0 Å². The van der Waals surface area contributed by atoms with Gasteiger partial charge in [-0.2, -0.15) is 0 Å². The van der Waals surface area contributed by atoms with Gasteiger partial charge in [0.1, 0.15) is 17.9 Å². The fraction of sp³-hybridized carbons (Fsp3) is 0.367. The van der Waals surface area contributed by atoms with Gasteiger partial charge < -0.3 is 20.5 Å². The Bertz CT molecular complexity index is 1300. The van der Waals surface area contributed by atoms with Crippen LogP contribution in [0.5, 0.6) is 0 Å². The molecule has 7 nitrogen and oxygen atoms in total. The maximum absolute atomic E-state index is 13.7. The van der Waals surface area contributed by atoms with Gasteiger partial charge in [-0.1, -0.05) is 43.3 Å². The summed E-state index contributed by atoms with van der Waals surface area (Å²) in [6, 6.07) is 9.82. The first-order chi connectivity index (χ1) is 18.9. The van der Waals surface area contributed by atoms with Crippen molar-refractivity contribution in [2.24, 2.45) is 11.8 Å². The normalized spacial score (nSPS) is 19.1. The lowest BCUT2D eigenvalue weighted by Crippen LogP contribution is -2.27. The minimum absolute atomic E-state index is 0.149. The lowest BCUT2D eigenvalue weighted by Gasteiger charge is -2.11. The fourth-order valence-corrected chi connectivity index (χ4v) is 5.04. The molecule has 1 aromatic carbocycles. The van der Waals surface area contributed by atoms with Crippen LogP contribution in [0, 0.1) is 18.8 Å². The van der Waals surface area contributed by atoms with E-state index < -0.39 is 29.6 Å². The molecule has 0 bridgehead atoms. The number of alkyl halides is 2. The van der Waals surface area contributed by atoms with Crippen LogP contribution in [-0.4, -0.2) is 36.4 Å². The lowest BCUT2D eigenvalue weighted by molar-refractivity contribution is -0.141. The topological polar surface area (TPSA) is 105 Å². The van der Waals surface area contributed by atoms with Gasteiger partial charge in [0.2, 0.25) is 5.91 Å². The van der Waals surface area contributed by atoms with E-state index in [9.17, 15) is 23.2 Å². The number of carbonyl (C=O) groups excluding carboxylic acids is 2. The summed E-state index contributed by atoms with van der Waals surface area (Å²) in [4.78, 5) is 34.3. The molecule has 0 aliphatic heterocycles. The molecule has 1 aliphatic rings. The molecule has 1 fully saturated rings. The van der Waals surface area contributed by atoms with E-state index in [-0.39, 0.29) is 6.10 Å². The van der Waals surface area contributed by atoms with Crippen LogP contribution >= 0.6 is 11.3 Å². The first-order valence-electron chi connectivity index (χ1n) is 12.8. The summed E-state index contributed by atoms with van der Waals surface area (Å²) in [7, 11) is 1.82. The van der Waals surface area contributed by atoms with Gasteiger partial charge in [-0.25, -0.2) is 8.78 Å². The number of thiophene rings is 1.